The van der Waals surface area contributed by atoms with Gasteiger partial charge in [-0.1, -0.05) is 35.9 Å². The Morgan fingerprint density at radius 3 is 2.50 bits per heavy atom. The molecule has 1 unspecified atom stereocenters. The average Bonchev–Trinajstić information content (AvgIpc) is 2.57. The van der Waals surface area contributed by atoms with Gasteiger partial charge in [-0.05, 0) is 49.8 Å². The number of Topliss-reactive ketones (excluding diaryl/α,β-unsaturated/α-hetero) is 2. The third-order valence-electron chi connectivity index (χ3n) is 4.59. The van der Waals surface area contributed by atoms with Gasteiger partial charge in [-0.25, -0.2) is 0 Å². The third kappa shape index (κ3) is 3.78. The number of rotatable bonds is 5. The minimum atomic E-state index is -0.466. The number of hydrogen-bond acceptors (Lipinski definition) is 3. The zero-order valence-corrected chi connectivity index (χ0v) is 15.5. The summed E-state index contributed by atoms with van der Waals surface area (Å²) in [6.07, 6.45) is 11.2. The summed E-state index contributed by atoms with van der Waals surface area (Å²) in [5.74, 6) is -0.872. The smallest absolute Gasteiger partial charge is 0.230 e. The molecule has 3 nitrogen and oxygen atoms in total. The molecule has 2 rings (SSSR count). The van der Waals surface area contributed by atoms with E-state index >= 15 is 0 Å². The molecular weight excluding hydrogens is 322 g/mol. The molecule has 2 aliphatic carbocycles. The summed E-state index contributed by atoms with van der Waals surface area (Å²) in [4.78, 5) is 23.8. The molecule has 0 saturated heterocycles. The molecule has 2 aliphatic rings. The number of fused-ring (bicyclic) bond motifs is 1. The lowest BCUT2D eigenvalue weighted by Crippen LogP contribution is -2.20. The monoisotopic (exact) mass is 345 g/mol. The van der Waals surface area contributed by atoms with Crippen molar-refractivity contribution in [2.45, 2.75) is 40.0 Å². The van der Waals surface area contributed by atoms with Crippen LogP contribution in [-0.4, -0.2) is 18.6 Å². The molecule has 0 saturated carbocycles. The van der Waals surface area contributed by atoms with E-state index in [1.165, 1.54) is 18.1 Å². The summed E-state index contributed by atoms with van der Waals surface area (Å²) in [6, 6.07) is 0. The summed E-state index contributed by atoms with van der Waals surface area (Å²) in [5.41, 5.74) is 4.44. The summed E-state index contributed by atoms with van der Waals surface area (Å²) in [6.45, 7) is 4.97. The van der Waals surface area contributed by atoms with Gasteiger partial charge in [0.2, 0.25) is 5.78 Å². The Morgan fingerprint density at radius 2 is 1.88 bits per heavy atom. The lowest BCUT2D eigenvalue weighted by molar-refractivity contribution is -0.133. The van der Waals surface area contributed by atoms with Gasteiger partial charge < -0.3 is 5.32 Å². The maximum absolute atomic E-state index is 12.3. The van der Waals surface area contributed by atoms with Crippen molar-refractivity contribution in [3.63, 3.8) is 0 Å². The van der Waals surface area contributed by atoms with Crippen LogP contribution in [0.5, 0.6) is 0 Å². The highest BCUT2D eigenvalue weighted by atomic mass is 35.5. The number of nitrogens with one attached hydrogen (secondary N) is 1. The van der Waals surface area contributed by atoms with Gasteiger partial charge in [0.15, 0.2) is 5.78 Å². The van der Waals surface area contributed by atoms with Crippen molar-refractivity contribution in [3.8, 4) is 0 Å². The minimum Gasteiger partial charge on any atom is -0.391 e. The van der Waals surface area contributed by atoms with Gasteiger partial charge >= 0.3 is 0 Å². The van der Waals surface area contributed by atoms with E-state index in [1.807, 2.05) is 13.0 Å². The Hall–Kier alpha value is -1.87. The van der Waals surface area contributed by atoms with Gasteiger partial charge in [0.25, 0.3) is 0 Å². The number of hydrogen-bond donors (Lipinski definition) is 1. The van der Waals surface area contributed by atoms with Crippen molar-refractivity contribution in [2.24, 2.45) is 5.92 Å². The lowest BCUT2D eigenvalue weighted by Gasteiger charge is -2.25. The van der Waals surface area contributed by atoms with Crippen molar-refractivity contribution in [1.29, 1.82) is 0 Å². The first-order valence-electron chi connectivity index (χ1n) is 8.22. The maximum atomic E-state index is 12.3. The minimum absolute atomic E-state index is 0.0522. The van der Waals surface area contributed by atoms with E-state index in [-0.39, 0.29) is 5.92 Å². The van der Waals surface area contributed by atoms with Crippen molar-refractivity contribution in [2.75, 3.05) is 7.05 Å². The van der Waals surface area contributed by atoms with Crippen LogP contribution < -0.4 is 5.32 Å². The molecule has 0 spiro atoms. The third-order valence-corrected chi connectivity index (χ3v) is 5.10. The van der Waals surface area contributed by atoms with Gasteiger partial charge in [-0.15, -0.1) is 0 Å². The Balaban J connectivity index is 2.38. The standard InChI is InChI=1S/C20H24ClNO2/c1-12(18(13(2)22-4)20(24)14(3)23)11-16-10-9-15-7-5-6-8-17(15)19(16)21/h5-6,9,11,16,22H,7-8,10H2,1-4H3/b12-11+,18-13+. The van der Waals surface area contributed by atoms with Crippen molar-refractivity contribution in [1.82, 2.24) is 5.32 Å². The summed E-state index contributed by atoms with van der Waals surface area (Å²) < 4.78 is 0. The Kier molecular flexibility index (Phi) is 6.00. The fraction of sp³-hybridized carbons (Fsp3) is 0.400. The maximum Gasteiger partial charge on any atom is 0.230 e. The second kappa shape index (κ2) is 7.80. The quantitative estimate of drug-likeness (QED) is 0.348. The highest BCUT2D eigenvalue weighted by Crippen LogP contribution is 2.39. The van der Waals surface area contributed by atoms with E-state index in [0.717, 1.165) is 29.9 Å². The Labute approximate surface area is 148 Å². The van der Waals surface area contributed by atoms with E-state index in [2.05, 4.69) is 23.5 Å². The van der Waals surface area contributed by atoms with Gasteiger partial charge in [0.1, 0.15) is 0 Å². The van der Waals surface area contributed by atoms with E-state index in [1.54, 1.807) is 14.0 Å². The van der Waals surface area contributed by atoms with Crippen LogP contribution in [0.15, 0.2) is 57.3 Å². The zero-order chi connectivity index (χ0) is 17.9. The molecule has 0 aromatic rings. The largest absolute Gasteiger partial charge is 0.391 e. The highest BCUT2D eigenvalue weighted by molar-refractivity contribution is 6.44. The molecule has 0 aromatic carbocycles. The van der Waals surface area contributed by atoms with Crippen molar-refractivity contribution < 1.29 is 9.59 Å². The molecule has 0 heterocycles. The van der Waals surface area contributed by atoms with Crippen LogP contribution in [0.25, 0.3) is 0 Å². The van der Waals surface area contributed by atoms with E-state index in [9.17, 15) is 9.59 Å². The first kappa shape index (κ1) is 18.5. The molecule has 0 radical (unpaired) electrons. The molecule has 0 aliphatic heterocycles. The van der Waals surface area contributed by atoms with E-state index in [4.69, 9.17) is 11.6 Å². The Morgan fingerprint density at radius 1 is 1.21 bits per heavy atom. The van der Waals surface area contributed by atoms with E-state index in [0.29, 0.717) is 11.3 Å². The topological polar surface area (TPSA) is 46.2 Å². The molecule has 0 aromatic heterocycles. The fourth-order valence-electron chi connectivity index (χ4n) is 3.19. The molecular formula is C20H24ClNO2. The van der Waals surface area contributed by atoms with Gasteiger partial charge in [0, 0.05) is 36.2 Å². The van der Waals surface area contributed by atoms with Crippen LogP contribution in [-0.2, 0) is 9.59 Å². The summed E-state index contributed by atoms with van der Waals surface area (Å²) in [7, 11) is 1.75. The van der Waals surface area contributed by atoms with Crippen molar-refractivity contribution >= 4 is 23.2 Å². The van der Waals surface area contributed by atoms with Crippen LogP contribution in [0.1, 0.15) is 40.0 Å². The van der Waals surface area contributed by atoms with Gasteiger partial charge in [0.05, 0.1) is 0 Å². The highest BCUT2D eigenvalue weighted by Gasteiger charge is 2.24. The van der Waals surface area contributed by atoms with Crippen LogP contribution in [0.2, 0.25) is 0 Å². The van der Waals surface area contributed by atoms with Crippen molar-refractivity contribution in [3.05, 3.63) is 57.3 Å². The van der Waals surface area contributed by atoms with Crippen LogP contribution in [0.3, 0.4) is 0 Å². The van der Waals surface area contributed by atoms with Gasteiger partial charge in [-0.3, -0.25) is 9.59 Å². The van der Waals surface area contributed by atoms with Gasteiger partial charge in [-0.2, -0.15) is 0 Å². The molecule has 4 heteroatoms. The zero-order valence-electron chi connectivity index (χ0n) is 14.7. The van der Waals surface area contributed by atoms with Crippen LogP contribution in [0.4, 0.5) is 0 Å². The predicted octanol–water partition coefficient (Wildman–Crippen LogP) is 4.37. The number of allylic oxidation sites excluding steroid dienone is 10. The number of carbonyl (C=O) groups excluding carboxylic acids is 2. The fourth-order valence-corrected chi connectivity index (χ4v) is 3.54. The van der Waals surface area contributed by atoms with E-state index < -0.39 is 11.6 Å². The van der Waals surface area contributed by atoms with Crippen LogP contribution in [0, 0.1) is 5.92 Å². The molecule has 0 amide bonds. The normalized spacial score (nSPS) is 21.8. The molecule has 128 valence electrons. The number of halogens is 1. The first-order valence-corrected chi connectivity index (χ1v) is 8.60. The van der Waals surface area contributed by atoms with Crippen LogP contribution >= 0.6 is 11.6 Å². The number of ketones is 2. The average molecular weight is 346 g/mol. The summed E-state index contributed by atoms with van der Waals surface area (Å²) in [5, 5.41) is 3.83. The molecule has 0 fully saturated rings. The lowest BCUT2D eigenvalue weighted by atomic mass is 9.83. The number of carbonyl (C=O) groups is 2. The molecule has 0 bridgehead atoms. The summed E-state index contributed by atoms with van der Waals surface area (Å²) >= 11 is 6.64. The SMILES string of the molecule is CN/C(C)=C(C(=O)C(C)=O)\C(C)=C\C1CC=C2CC=CCC2=C1Cl. The molecule has 1 N–H and O–H groups in total. The Bertz CT molecular complexity index is 720. The second-order valence-corrected chi connectivity index (χ2v) is 6.67. The predicted molar refractivity (Wildman–Crippen MR) is 98.6 cm³/mol. The molecule has 24 heavy (non-hydrogen) atoms. The molecule has 1 atom stereocenters. The second-order valence-electron chi connectivity index (χ2n) is 6.26. The first-order chi connectivity index (χ1) is 11.4.